The van der Waals surface area contributed by atoms with Crippen molar-refractivity contribution >= 4 is 32.4 Å². The smallest absolute Gasteiger partial charge is 0.374 e. The minimum Gasteiger partial charge on any atom is -0.464 e. The number of alkyl halides is 1. The van der Waals surface area contributed by atoms with E-state index in [2.05, 4.69) is 9.47 Å². The van der Waals surface area contributed by atoms with Crippen LogP contribution in [0.25, 0.3) is 0 Å². The lowest BCUT2D eigenvalue weighted by molar-refractivity contribution is -0.154. The highest BCUT2D eigenvalue weighted by Gasteiger charge is 2.19. The summed E-state index contributed by atoms with van der Waals surface area (Å²) in [6, 6.07) is -1.59. The number of ether oxygens (including phenoxy) is 2. The van der Waals surface area contributed by atoms with Crippen molar-refractivity contribution in [3.63, 3.8) is 0 Å². The number of nitrogens with zero attached hydrogens (tertiary/aromatic N) is 2. The van der Waals surface area contributed by atoms with Crippen molar-refractivity contribution in [1.29, 1.82) is 0 Å². The molecule has 142 valence electrons. The lowest BCUT2D eigenvalue weighted by Gasteiger charge is -2.14. The SMILES string of the molecule is CN(CCOC(=O)CC(=O)OCCN(C)S(=O)(=O)CF)S(=O)(=O)F. The van der Waals surface area contributed by atoms with Crippen molar-refractivity contribution in [2.45, 2.75) is 6.42 Å². The highest BCUT2D eigenvalue weighted by atomic mass is 32.3. The van der Waals surface area contributed by atoms with Crippen LogP contribution in [0.5, 0.6) is 0 Å². The molecule has 0 bridgehead atoms. The molecule has 0 aromatic rings. The first-order valence-electron chi connectivity index (χ1n) is 6.37. The van der Waals surface area contributed by atoms with E-state index in [4.69, 9.17) is 0 Å². The number of hydrogen-bond acceptors (Lipinski definition) is 8. The second kappa shape index (κ2) is 9.80. The fraction of sp³-hybridized carbons (Fsp3) is 0.800. The second-order valence-corrected chi connectivity index (χ2v) is 7.88. The molecule has 10 nitrogen and oxygen atoms in total. The van der Waals surface area contributed by atoms with Crippen LogP contribution in [0.1, 0.15) is 6.42 Å². The number of carbonyl (C=O) groups excluding carboxylic acids is 2. The average Bonchev–Trinajstić information content (AvgIpc) is 2.45. The summed E-state index contributed by atoms with van der Waals surface area (Å²) in [6.45, 7) is -1.61. The summed E-state index contributed by atoms with van der Waals surface area (Å²) in [5.41, 5.74) is 0. The van der Waals surface area contributed by atoms with Crippen LogP contribution >= 0.6 is 0 Å². The van der Waals surface area contributed by atoms with E-state index < -0.39 is 64.6 Å². The van der Waals surface area contributed by atoms with Gasteiger partial charge in [-0.25, -0.2) is 12.8 Å². The van der Waals surface area contributed by atoms with Gasteiger partial charge in [0, 0.05) is 20.6 Å². The number of halogens is 2. The van der Waals surface area contributed by atoms with Crippen LogP contribution in [0.2, 0.25) is 0 Å². The Morgan fingerprint density at radius 2 is 1.33 bits per heavy atom. The molecule has 0 aromatic carbocycles. The zero-order valence-electron chi connectivity index (χ0n) is 13.0. The fourth-order valence-electron chi connectivity index (χ4n) is 1.13. The van der Waals surface area contributed by atoms with Crippen LogP contribution in [0, 0.1) is 0 Å². The number of sulfonamides is 1. The Morgan fingerprint density at radius 3 is 1.71 bits per heavy atom. The maximum atomic E-state index is 12.4. The Labute approximate surface area is 138 Å². The van der Waals surface area contributed by atoms with Crippen LogP contribution in [-0.2, 0) is 39.5 Å². The second-order valence-electron chi connectivity index (χ2n) is 4.42. The van der Waals surface area contributed by atoms with E-state index in [0.29, 0.717) is 8.61 Å². The van der Waals surface area contributed by atoms with E-state index >= 15 is 0 Å². The largest absolute Gasteiger partial charge is 0.464 e. The molecule has 0 fully saturated rings. The van der Waals surface area contributed by atoms with Gasteiger partial charge in [-0.05, 0) is 0 Å². The lowest BCUT2D eigenvalue weighted by Crippen LogP contribution is -2.32. The molecule has 0 rings (SSSR count). The predicted octanol–water partition coefficient (Wildman–Crippen LogP) is -1.20. The first-order valence-corrected chi connectivity index (χ1v) is 9.32. The van der Waals surface area contributed by atoms with Crippen LogP contribution in [-0.4, -0.2) is 83.8 Å². The van der Waals surface area contributed by atoms with E-state index in [1.807, 2.05) is 0 Å². The van der Waals surface area contributed by atoms with Crippen molar-refractivity contribution in [3.05, 3.63) is 0 Å². The average molecular weight is 396 g/mol. The normalized spacial score (nSPS) is 12.4. The minimum absolute atomic E-state index is 0.299. The quantitative estimate of drug-likeness (QED) is 0.242. The number of esters is 2. The van der Waals surface area contributed by atoms with Gasteiger partial charge in [-0.15, -0.1) is 0 Å². The molecule has 0 amide bonds. The Balaban J connectivity index is 4.02. The molecule has 0 saturated carbocycles. The van der Waals surface area contributed by atoms with Crippen LogP contribution < -0.4 is 0 Å². The highest BCUT2D eigenvalue weighted by molar-refractivity contribution is 7.88. The third-order valence-electron chi connectivity index (χ3n) is 2.61. The molecule has 0 spiro atoms. The Morgan fingerprint density at radius 1 is 0.917 bits per heavy atom. The molecule has 0 radical (unpaired) electrons. The van der Waals surface area contributed by atoms with Crippen molar-refractivity contribution in [3.8, 4) is 0 Å². The van der Waals surface area contributed by atoms with Crippen molar-refractivity contribution < 1.29 is 44.2 Å². The van der Waals surface area contributed by atoms with E-state index in [-0.39, 0.29) is 6.54 Å². The van der Waals surface area contributed by atoms with Gasteiger partial charge in [-0.1, -0.05) is 3.89 Å². The summed E-state index contributed by atoms with van der Waals surface area (Å²) in [4.78, 5) is 22.5. The summed E-state index contributed by atoms with van der Waals surface area (Å²) < 4.78 is 77.6. The molecule has 0 heterocycles. The van der Waals surface area contributed by atoms with E-state index in [0.717, 1.165) is 14.1 Å². The van der Waals surface area contributed by atoms with Gasteiger partial charge in [0.15, 0.2) is 0 Å². The van der Waals surface area contributed by atoms with Gasteiger partial charge in [0.1, 0.15) is 19.6 Å². The molecule has 0 N–H and O–H groups in total. The lowest BCUT2D eigenvalue weighted by atomic mass is 10.4. The number of likely N-dealkylation sites (N-methyl/N-ethyl adjacent to an activating group) is 2. The first-order chi connectivity index (χ1) is 10.9. The van der Waals surface area contributed by atoms with Gasteiger partial charge < -0.3 is 9.47 Å². The van der Waals surface area contributed by atoms with Gasteiger partial charge in [0.05, 0.1) is 6.54 Å². The zero-order valence-corrected chi connectivity index (χ0v) is 14.6. The summed E-state index contributed by atoms with van der Waals surface area (Å²) in [7, 11) is -6.92. The highest BCUT2D eigenvalue weighted by Crippen LogP contribution is 2.00. The summed E-state index contributed by atoms with van der Waals surface area (Å²) in [6.07, 6.45) is -0.800. The topological polar surface area (TPSA) is 127 Å². The summed E-state index contributed by atoms with van der Waals surface area (Å²) in [5.74, 6) is -2.05. The zero-order chi connectivity index (χ0) is 19.0. The molecular formula is C10H18F2N2O8S2. The molecule has 0 unspecified atom stereocenters. The van der Waals surface area contributed by atoms with Gasteiger partial charge in [0.25, 0.3) is 0 Å². The van der Waals surface area contributed by atoms with E-state index in [1.54, 1.807) is 0 Å². The molecule has 0 atom stereocenters. The van der Waals surface area contributed by atoms with Crippen molar-refractivity contribution in [1.82, 2.24) is 8.61 Å². The number of hydrogen-bond donors (Lipinski definition) is 0. The predicted molar refractivity (Wildman–Crippen MR) is 76.7 cm³/mol. The minimum atomic E-state index is -4.89. The van der Waals surface area contributed by atoms with Crippen LogP contribution in [0.15, 0.2) is 0 Å². The Bertz CT molecular complexity index is 637. The standard InChI is InChI=1S/C10H18F2N2O8S2/c1-13(23(17,18)8-11)3-5-21-9(15)7-10(16)22-6-4-14(2)24(12,19)20/h3-8H2,1-2H3. The Hall–Kier alpha value is -1.38. The maximum absolute atomic E-state index is 12.4. The van der Waals surface area contributed by atoms with Gasteiger partial charge in [-0.3, -0.25) is 9.59 Å². The van der Waals surface area contributed by atoms with Gasteiger partial charge >= 0.3 is 22.3 Å². The first kappa shape index (κ1) is 22.6. The molecular weight excluding hydrogens is 378 g/mol. The molecule has 24 heavy (non-hydrogen) atoms. The van der Waals surface area contributed by atoms with E-state index in [1.165, 1.54) is 0 Å². The molecule has 0 aliphatic rings. The van der Waals surface area contributed by atoms with Crippen molar-refractivity contribution in [2.75, 3.05) is 46.4 Å². The monoisotopic (exact) mass is 396 g/mol. The molecule has 14 heteroatoms. The fourth-order valence-corrected chi connectivity index (χ4v) is 1.94. The van der Waals surface area contributed by atoms with Crippen LogP contribution in [0.3, 0.4) is 0 Å². The third-order valence-corrected chi connectivity index (χ3v) is 4.95. The summed E-state index contributed by atoms with van der Waals surface area (Å²) in [5, 5.41) is 0. The van der Waals surface area contributed by atoms with Gasteiger partial charge in [0.2, 0.25) is 16.0 Å². The third kappa shape index (κ3) is 9.05. The Kier molecular flexibility index (Phi) is 9.24. The molecule has 0 aliphatic heterocycles. The number of rotatable bonds is 11. The van der Waals surface area contributed by atoms with Gasteiger partial charge in [-0.2, -0.15) is 17.0 Å². The summed E-state index contributed by atoms with van der Waals surface area (Å²) >= 11 is 0. The molecule has 0 aliphatic carbocycles. The molecule has 0 saturated heterocycles. The van der Waals surface area contributed by atoms with Crippen LogP contribution in [0.4, 0.5) is 8.28 Å². The number of carbonyl (C=O) groups is 2. The van der Waals surface area contributed by atoms with E-state index in [9.17, 15) is 34.7 Å². The van der Waals surface area contributed by atoms with Crippen molar-refractivity contribution in [2.24, 2.45) is 0 Å². The molecule has 0 aromatic heterocycles. The maximum Gasteiger partial charge on any atom is 0.374 e.